The summed E-state index contributed by atoms with van der Waals surface area (Å²) in [5, 5.41) is 8.99. The van der Waals surface area contributed by atoms with Gasteiger partial charge in [0, 0.05) is 25.0 Å². The molecule has 1 atom stereocenters. The van der Waals surface area contributed by atoms with E-state index >= 15 is 0 Å². The first kappa shape index (κ1) is 9.18. The monoisotopic (exact) mass is 191 g/mol. The van der Waals surface area contributed by atoms with Gasteiger partial charge in [0.15, 0.2) is 0 Å². The smallest absolute Gasteiger partial charge is 0.0929 e. The molecule has 2 aromatic rings. The van der Waals surface area contributed by atoms with Gasteiger partial charge in [-0.15, -0.1) is 0 Å². The van der Waals surface area contributed by atoms with Crippen molar-refractivity contribution >= 4 is 11.0 Å². The zero-order valence-electron chi connectivity index (χ0n) is 8.01. The second kappa shape index (κ2) is 3.40. The van der Waals surface area contributed by atoms with E-state index in [1.165, 1.54) is 0 Å². The summed E-state index contributed by atoms with van der Waals surface area (Å²) in [5.74, 6) is 0. The van der Waals surface area contributed by atoms with Gasteiger partial charge in [-0.1, -0.05) is 0 Å². The summed E-state index contributed by atoms with van der Waals surface area (Å²) in [6.07, 6.45) is 3.65. The van der Waals surface area contributed by atoms with Gasteiger partial charge >= 0.3 is 0 Å². The van der Waals surface area contributed by atoms with E-state index < -0.39 is 0 Å². The molecule has 0 saturated carbocycles. The largest absolute Gasteiger partial charge is 0.394 e. The van der Waals surface area contributed by atoms with Crippen LogP contribution in [0.5, 0.6) is 0 Å². The van der Waals surface area contributed by atoms with Gasteiger partial charge < -0.3 is 15.4 Å². The zero-order valence-corrected chi connectivity index (χ0v) is 8.01. The molecule has 0 amide bonds. The number of aromatic nitrogens is 2. The van der Waals surface area contributed by atoms with Crippen LogP contribution in [0.3, 0.4) is 0 Å². The number of hydrogen-bond donors (Lipinski definition) is 2. The first-order valence-electron chi connectivity index (χ1n) is 4.50. The summed E-state index contributed by atoms with van der Waals surface area (Å²) in [7, 11) is 1.94. The number of nitrogens with two attached hydrogens (primary N) is 1. The normalized spacial score (nSPS) is 13.4. The third-order valence-electron chi connectivity index (χ3n) is 2.37. The summed E-state index contributed by atoms with van der Waals surface area (Å²) in [6.45, 7) is -0.0598. The Balaban J connectivity index is 2.66. The molecule has 4 nitrogen and oxygen atoms in total. The van der Waals surface area contributed by atoms with E-state index in [0.29, 0.717) is 0 Å². The highest BCUT2D eigenvalue weighted by atomic mass is 16.3. The van der Waals surface area contributed by atoms with Crippen molar-refractivity contribution in [1.82, 2.24) is 9.55 Å². The number of aliphatic hydroxyl groups excluding tert-OH is 1. The molecule has 0 aliphatic rings. The lowest BCUT2D eigenvalue weighted by atomic mass is 10.1. The topological polar surface area (TPSA) is 64.1 Å². The average Bonchev–Trinajstić information content (AvgIpc) is 2.56. The molecule has 14 heavy (non-hydrogen) atoms. The van der Waals surface area contributed by atoms with Crippen LogP contribution < -0.4 is 5.73 Å². The standard InChI is InChI=1S/C10H13N3O/c1-13-5-7(8(11)6-14)10-9(13)3-2-4-12-10/h2-5,8,14H,6,11H2,1H3. The van der Waals surface area contributed by atoms with Crippen molar-refractivity contribution in [3.05, 3.63) is 30.1 Å². The molecule has 3 N–H and O–H groups in total. The number of aliphatic hydroxyl groups is 1. The molecule has 0 aliphatic heterocycles. The molecule has 0 spiro atoms. The lowest BCUT2D eigenvalue weighted by Gasteiger charge is -2.04. The maximum atomic E-state index is 8.99. The lowest BCUT2D eigenvalue weighted by molar-refractivity contribution is 0.268. The van der Waals surface area contributed by atoms with Gasteiger partial charge in [-0.25, -0.2) is 0 Å². The Morgan fingerprint density at radius 3 is 3.14 bits per heavy atom. The fraction of sp³-hybridized carbons (Fsp3) is 0.300. The van der Waals surface area contributed by atoms with Crippen LogP contribution in [0.2, 0.25) is 0 Å². The number of nitrogens with zero attached hydrogens (tertiary/aromatic N) is 2. The molecule has 1 unspecified atom stereocenters. The third-order valence-corrected chi connectivity index (χ3v) is 2.37. The highest BCUT2D eigenvalue weighted by Crippen LogP contribution is 2.22. The Kier molecular flexibility index (Phi) is 2.23. The summed E-state index contributed by atoms with van der Waals surface area (Å²) in [5.41, 5.74) is 8.57. The second-order valence-electron chi connectivity index (χ2n) is 3.36. The Bertz CT molecular complexity index is 450. The van der Waals surface area contributed by atoms with Crippen LogP contribution in [-0.2, 0) is 7.05 Å². The quantitative estimate of drug-likeness (QED) is 0.729. The predicted molar refractivity (Wildman–Crippen MR) is 54.7 cm³/mol. The molecule has 0 saturated heterocycles. The van der Waals surface area contributed by atoms with Gasteiger partial charge in [-0.2, -0.15) is 0 Å². The van der Waals surface area contributed by atoms with Crippen molar-refractivity contribution in [1.29, 1.82) is 0 Å². The highest BCUT2D eigenvalue weighted by Gasteiger charge is 2.12. The van der Waals surface area contributed by atoms with E-state index in [0.717, 1.165) is 16.6 Å². The fourth-order valence-electron chi connectivity index (χ4n) is 1.61. The van der Waals surface area contributed by atoms with Crippen molar-refractivity contribution in [3.63, 3.8) is 0 Å². The van der Waals surface area contributed by atoms with Gasteiger partial charge in [0.05, 0.1) is 23.7 Å². The van der Waals surface area contributed by atoms with Crippen LogP contribution in [0, 0.1) is 0 Å². The molecule has 74 valence electrons. The minimum Gasteiger partial charge on any atom is -0.394 e. The van der Waals surface area contributed by atoms with E-state index in [1.807, 2.05) is 29.9 Å². The van der Waals surface area contributed by atoms with Crippen molar-refractivity contribution < 1.29 is 5.11 Å². The van der Waals surface area contributed by atoms with Crippen LogP contribution >= 0.6 is 0 Å². The summed E-state index contributed by atoms with van der Waals surface area (Å²) in [6, 6.07) is 3.51. The molecular weight excluding hydrogens is 178 g/mol. The second-order valence-corrected chi connectivity index (χ2v) is 3.36. The molecule has 0 bridgehead atoms. The number of fused-ring (bicyclic) bond motifs is 1. The van der Waals surface area contributed by atoms with E-state index in [4.69, 9.17) is 10.8 Å². The van der Waals surface area contributed by atoms with Crippen molar-refractivity contribution in [3.8, 4) is 0 Å². The molecular formula is C10H13N3O. The Labute approximate surface area is 82.0 Å². The SMILES string of the molecule is Cn1cc(C(N)CO)c2ncccc21. The Morgan fingerprint density at radius 1 is 1.64 bits per heavy atom. The van der Waals surface area contributed by atoms with Crippen molar-refractivity contribution in [2.45, 2.75) is 6.04 Å². The molecule has 2 heterocycles. The fourth-order valence-corrected chi connectivity index (χ4v) is 1.61. The summed E-state index contributed by atoms with van der Waals surface area (Å²) < 4.78 is 1.97. The number of rotatable bonds is 2. The summed E-state index contributed by atoms with van der Waals surface area (Å²) >= 11 is 0. The van der Waals surface area contributed by atoms with Gasteiger partial charge in [-0.3, -0.25) is 4.98 Å². The number of aryl methyl sites for hydroxylation is 1. The van der Waals surface area contributed by atoms with Crippen molar-refractivity contribution in [2.75, 3.05) is 6.61 Å². The Hall–Kier alpha value is -1.39. The van der Waals surface area contributed by atoms with Gasteiger partial charge in [0.1, 0.15) is 0 Å². The van der Waals surface area contributed by atoms with Crippen molar-refractivity contribution in [2.24, 2.45) is 12.8 Å². The lowest BCUT2D eigenvalue weighted by Crippen LogP contribution is -2.14. The third kappa shape index (κ3) is 1.29. The molecule has 0 aliphatic carbocycles. The first-order chi connectivity index (χ1) is 6.74. The number of pyridine rings is 1. The summed E-state index contributed by atoms with van der Waals surface area (Å²) in [4.78, 5) is 4.26. The maximum Gasteiger partial charge on any atom is 0.0929 e. The van der Waals surface area contributed by atoms with Gasteiger partial charge in [-0.05, 0) is 12.1 Å². The molecule has 0 aromatic carbocycles. The maximum absolute atomic E-state index is 8.99. The van der Waals surface area contributed by atoms with Crippen LogP contribution in [0.25, 0.3) is 11.0 Å². The van der Waals surface area contributed by atoms with E-state index in [-0.39, 0.29) is 12.6 Å². The average molecular weight is 191 g/mol. The molecule has 0 fully saturated rings. The van der Waals surface area contributed by atoms with E-state index in [2.05, 4.69) is 4.98 Å². The highest BCUT2D eigenvalue weighted by molar-refractivity contribution is 5.79. The molecule has 2 rings (SSSR count). The first-order valence-corrected chi connectivity index (χ1v) is 4.50. The minimum absolute atomic E-state index is 0.0598. The minimum atomic E-state index is -0.353. The van der Waals surface area contributed by atoms with Crippen LogP contribution in [0.4, 0.5) is 0 Å². The van der Waals surface area contributed by atoms with Gasteiger partial charge in [0.2, 0.25) is 0 Å². The molecule has 0 radical (unpaired) electrons. The van der Waals surface area contributed by atoms with Gasteiger partial charge in [0.25, 0.3) is 0 Å². The van der Waals surface area contributed by atoms with Crippen LogP contribution in [0.1, 0.15) is 11.6 Å². The Morgan fingerprint density at radius 2 is 2.43 bits per heavy atom. The zero-order chi connectivity index (χ0) is 10.1. The predicted octanol–water partition coefficient (Wildman–Crippen LogP) is 0.565. The van der Waals surface area contributed by atoms with E-state index in [9.17, 15) is 0 Å². The molecule has 2 aromatic heterocycles. The number of hydrogen-bond acceptors (Lipinski definition) is 3. The van der Waals surface area contributed by atoms with E-state index in [1.54, 1.807) is 6.20 Å². The van der Waals surface area contributed by atoms with Crippen LogP contribution in [-0.4, -0.2) is 21.3 Å². The molecule has 4 heteroatoms. The van der Waals surface area contributed by atoms with Crippen LogP contribution in [0.15, 0.2) is 24.5 Å².